The van der Waals surface area contributed by atoms with Gasteiger partial charge in [-0.1, -0.05) is 12.0 Å². The molecule has 2 heteroatoms. The van der Waals surface area contributed by atoms with Crippen molar-refractivity contribution in [1.82, 2.24) is 4.98 Å². The third kappa shape index (κ3) is 2.48. The van der Waals surface area contributed by atoms with Crippen molar-refractivity contribution >= 4 is 5.82 Å². The summed E-state index contributed by atoms with van der Waals surface area (Å²) in [6, 6.07) is 4.08. The zero-order valence-corrected chi connectivity index (χ0v) is 8.31. The summed E-state index contributed by atoms with van der Waals surface area (Å²) in [6.07, 6.45) is 0.764. The Balaban J connectivity index is 2.96. The minimum atomic E-state index is 0.764. The van der Waals surface area contributed by atoms with E-state index in [0.29, 0.717) is 0 Å². The van der Waals surface area contributed by atoms with Crippen LogP contribution in [0.1, 0.15) is 18.2 Å². The molecule has 1 aromatic heterocycles. The molecule has 2 nitrogen and oxygen atoms in total. The molecular weight excluding hydrogens is 160 g/mol. The average Bonchev–Trinajstić information content (AvgIpc) is 2.16. The average molecular weight is 174 g/mol. The van der Waals surface area contributed by atoms with E-state index in [1.165, 1.54) is 0 Å². The Kier molecular flexibility index (Phi) is 3.33. The van der Waals surface area contributed by atoms with E-state index in [2.05, 4.69) is 28.2 Å². The smallest absolute Gasteiger partial charge is 0.130 e. The van der Waals surface area contributed by atoms with E-state index in [1.54, 1.807) is 0 Å². The van der Waals surface area contributed by atoms with Gasteiger partial charge in [0, 0.05) is 24.7 Å². The first-order valence-electron chi connectivity index (χ1n) is 4.32. The molecule has 0 aliphatic heterocycles. The van der Waals surface area contributed by atoms with Crippen molar-refractivity contribution in [2.24, 2.45) is 0 Å². The van der Waals surface area contributed by atoms with Gasteiger partial charge in [-0.25, -0.2) is 4.98 Å². The molecule has 0 atom stereocenters. The highest BCUT2D eigenvalue weighted by Crippen LogP contribution is 2.12. The number of anilines is 1. The normalized spacial score (nSPS) is 8.85. The summed E-state index contributed by atoms with van der Waals surface area (Å²) in [7, 11) is 1.88. The van der Waals surface area contributed by atoms with Crippen molar-refractivity contribution < 1.29 is 0 Å². The fourth-order valence-corrected chi connectivity index (χ4v) is 1.13. The second-order valence-electron chi connectivity index (χ2n) is 2.81. The number of pyridine rings is 1. The molecule has 0 aromatic carbocycles. The van der Waals surface area contributed by atoms with Crippen LogP contribution in [0.3, 0.4) is 0 Å². The number of aromatic nitrogens is 1. The maximum Gasteiger partial charge on any atom is 0.130 e. The molecule has 1 aromatic rings. The van der Waals surface area contributed by atoms with Crippen LogP contribution in [0.25, 0.3) is 0 Å². The van der Waals surface area contributed by atoms with Crippen LogP contribution in [0.2, 0.25) is 0 Å². The van der Waals surface area contributed by atoms with Crippen LogP contribution in [0, 0.1) is 18.8 Å². The first-order valence-corrected chi connectivity index (χ1v) is 4.32. The summed E-state index contributed by atoms with van der Waals surface area (Å²) in [5.74, 6) is 6.84. The summed E-state index contributed by atoms with van der Waals surface area (Å²) in [5, 5.41) is 3.07. The molecule has 0 unspecified atom stereocenters. The molecule has 0 aliphatic carbocycles. The van der Waals surface area contributed by atoms with E-state index in [-0.39, 0.29) is 0 Å². The third-order valence-electron chi connectivity index (χ3n) is 1.81. The van der Waals surface area contributed by atoms with Crippen molar-refractivity contribution in [3.05, 3.63) is 23.4 Å². The van der Waals surface area contributed by atoms with E-state index < -0.39 is 0 Å². The van der Waals surface area contributed by atoms with E-state index in [4.69, 9.17) is 0 Å². The van der Waals surface area contributed by atoms with Gasteiger partial charge < -0.3 is 5.32 Å². The van der Waals surface area contributed by atoms with Crippen molar-refractivity contribution in [1.29, 1.82) is 0 Å². The van der Waals surface area contributed by atoms with Gasteiger partial charge in [0.05, 0.1) is 0 Å². The summed E-state index contributed by atoms with van der Waals surface area (Å²) in [4.78, 5) is 4.37. The first-order chi connectivity index (χ1) is 6.27. The van der Waals surface area contributed by atoms with Gasteiger partial charge in [0.1, 0.15) is 5.82 Å². The van der Waals surface area contributed by atoms with E-state index >= 15 is 0 Å². The van der Waals surface area contributed by atoms with Gasteiger partial charge in [-0.3, -0.25) is 0 Å². The van der Waals surface area contributed by atoms with Gasteiger partial charge in [-0.15, -0.1) is 5.92 Å². The SMILES string of the molecule is CC#CCc1ccc(C)nc1NC. The van der Waals surface area contributed by atoms with Crippen molar-refractivity contribution in [2.45, 2.75) is 20.3 Å². The lowest BCUT2D eigenvalue weighted by Crippen LogP contribution is -1.99. The summed E-state index contributed by atoms with van der Waals surface area (Å²) < 4.78 is 0. The molecule has 0 saturated carbocycles. The van der Waals surface area contributed by atoms with Gasteiger partial charge >= 0.3 is 0 Å². The molecule has 0 aliphatic rings. The predicted molar refractivity (Wildman–Crippen MR) is 55.7 cm³/mol. The van der Waals surface area contributed by atoms with Crippen LogP contribution in [-0.2, 0) is 6.42 Å². The van der Waals surface area contributed by atoms with E-state index in [0.717, 1.165) is 23.5 Å². The topological polar surface area (TPSA) is 24.9 Å². The highest BCUT2D eigenvalue weighted by atomic mass is 15.0. The van der Waals surface area contributed by atoms with Crippen molar-refractivity contribution in [3.63, 3.8) is 0 Å². The molecule has 1 heterocycles. The van der Waals surface area contributed by atoms with Crippen LogP contribution in [-0.4, -0.2) is 12.0 Å². The number of nitrogens with one attached hydrogen (secondary N) is 1. The summed E-state index contributed by atoms with van der Waals surface area (Å²) >= 11 is 0. The van der Waals surface area contributed by atoms with Crippen LogP contribution in [0.4, 0.5) is 5.82 Å². The molecule has 0 amide bonds. The maximum atomic E-state index is 4.37. The largest absolute Gasteiger partial charge is 0.373 e. The van der Waals surface area contributed by atoms with Crippen LogP contribution >= 0.6 is 0 Å². The van der Waals surface area contributed by atoms with Gasteiger partial charge in [0.2, 0.25) is 0 Å². The predicted octanol–water partition coefficient (Wildman–Crippen LogP) is 2.00. The molecule has 1 N–H and O–H groups in total. The molecule has 0 bridgehead atoms. The first kappa shape index (κ1) is 9.60. The highest BCUT2D eigenvalue weighted by Gasteiger charge is 2.00. The second kappa shape index (κ2) is 4.51. The van der Waals surface area contributed by atoms with Gasteiger partial charge in [0.25, 0.3) is 0 Å². The molecular formula is C11H14N2. The summed E-state index contributed by atoms with van der Waals surface area (Å²) in [6.45, 7) is 3.83. The minimum Gasteiger partial charge on any atom is -0.373 e. The Morgan fingerprint density at radius 3 is 2.85 bits per heavy atom. The fraction of sp³-hybridized carbons (Fsp3) is 0.364. The zero-order valence-electron chi connectivity index (χ0n) is 8.31. The molecule has 0 fully saturated rings. The summed E-state index contributed by atoms with van der Waals surface area (Å²) in [5.41, 5.74) is 2.18. The monoisotopic (exact) mass is 174 g/mol. The molecule has 0 spiro atoms. The Morgan fingerprint density at radius 1 is 1.46 bits per heavy atom. The number of hydrogen-bond acceptors (Lipinski definition) is 2. The van der Waals surface area contributed by atoms with Crippen LogP contribution in [0.5, 0.6) is 0 Å². The molecule has 13 heavy (non-hydrogen) atoms. The lowest BCUT2D eigenvalue weighted by molar-refractivity contribution is 1.13. The lowest BCUT2D eigenvalue weighted by atomic mass is 10.2. The maximum absolute atomic E-state index is 4.37. The van der Waals surface area contributed by atoms with Gasteiger partial charge in [0.15, 0.2) is 0 Å². The quantitative estimate of drug-likeness (QED) is 0.694. The minimum absolute atomic E-state index is 0.764. The Morgan fingerprint density at radius 2 is 2.23 bits per heavy atom. The number of hydrogen-bond donors (Lipinski definition) is 1. The standard InChI is InChI=1S/C11H14N2/c1-4-5-6-10-8-7-9(2)13-11(10)12-3/h7-8H,6H2,1-3H3,(H,12,13). The number of aryl methyl sites for hydroxylation is 1. The Labute approximate surface area is 79.4 Å². The molecule has 1 rings (SSSR count). The van der Waals surface area contributed by atoms with Crippen molar-refractivity contribution in [2.75, 3.05) is 12.4 Å². The molecule has 0 saturated heterocycles. The van der Waals surface area contributed by atoms with Crippen LogP contribution in [0.15, 0.2) is 12.1 Å². The Bertz CT molecular complexity index is 345. The molecule has 68 valence electrons. The number of nitrogens with zero attached hydrogens (tertiary/aromatic N) is 1. The Hall–Kier alpha value is -1.49. The fourth-order valence-electron chi connectivity index (χ4n) is 1.13. The van der Waals surface area contributed by atoms with E-state index in [1.807, 2.05) is 27.0 Å². The number of rotatable bonds is 2. The highest BCUT2D eigenvalue weighted by molar-refractivity contribution is 5.46. The lowest BCUT2D eigenvalue weighted by Gasteiger charge is -2.05. The van der Waals surface area contributed by atoms with E-state index in [9.17, 15) is 0 Å². The second-order valence-corrected chi connectivity index (χ2v) is 2.81. The zero-order chi connectivity index (χ0) is 9.68. The van der Waals surface area contributed by atoms with Crippen molar-refractivity contribution in [3.8, 4) is 11.8 Å². The third-order valence-corrected chi connectivity index (χ3v) is 1.81. The van der Waals surface area contributed by atoms with Gasteiger partial charge in [-0.2, -0.15) is 0 Å². The molecule has 0 radical (unpaired) electrons. The van der Waals surface area contributed by atoms with Crippen LogP contribution < -0.4 is 5.32 Å². The van der Waals surface area contributed by atoms with Gasteiger partial charge in [-0.05, 0) is 19.9 Å².